The zero-order chi connectivity index (χ0) is 41.2. The van der Waals surface area contributed by atoms with Crippen molar-refractivity contribution < 1.29 is 17.8 Å². The molecule has 0 saturated carbocycles. The number of aryl methyl sites for hydroxylation is 1. The van der Waals surface area contributed by atoms with Crippen LogP contribution in [-0.2, 0) is 6.37 Å². The predicted molar refractivity (Wildman–Crippen MR) is 191 cm³/mol. The molecule has 1 aromatic heterocycles. The molecule has 2 nitrogen and oxygen atoms in total. The Hall–Kier alpha value is -5.73. The first-order chi connectivity index (χ1) is 27.6. The van der Waals surface area contributed by atoms with Gasteiger partial charge in [0.05, 0.1) is 27.7 Å². The Balaban J connectivity index is 1.57. The van der Waals surface area contributed by atoms with E-state index < -0.39 is 67.4 Å². The van der Waals surface area contributed by atoms with Crippen molar-refractivity contribution in [1.82, 2.24) is 9.55 Å². The van der Waals surface area contributed by atoms with E-state index in [9.17, 15) is 5.48 Å². The van der Waals surface area contributed by atoms with Crippen molar-refractivity contribution in [2.75, 3.05) is 0 Å². The molecule has 212 valence electrons. The maximum Gasteiger partial charge on any atom is 0.114 e. The van der Waals surface area contributed by atoms with Crippen molar-refractivity contribution >= 4 is 54.1 Å². The normalized spacial score (nSPS) is 16.5. The summed E-state index contributed by atoms with van der Waals surface area (Å²) in [6.45, 7) is -3.16. The van der Waals surface area contributed by atoms with Crippen LogP contribution in [0.25, 0.3) is 82.1 Å². The number of benzene rings is 8. The van der Waals surface area contributed by atoms with Crippen LogP contribution in [0.15, 0.2) is 151 Å². The maximum atomic E-state index is 9.53. The average molecular weight is 588 g/mol. The summed E-state index contributed by atoms with van der Waals surface area (Å²) >= 11 is 0. The summed E-state index contributed by atoms with van der Waals surface area (Å²) < 4.78 is 117. The molecule has 0 saturated heterocycles. The van der Waals surface area contributed by atoms with Crippen molar-refractivity contribution in [3.8, 4) is 27.9 Å². The third kappa shape index (κ3) is 3.86. The molecular weight excluding hydrogens is 544 g/mol. The van der Waals surface area contributed by atoms with Gasteiger partial charge < -0.3 is 0 Å². The van der Waals surface area contributed by atoms with E-state index in [2.05, 4.69) is 4.98 Å². The molecule has 9 aromatic rings. The summed E-state index contributed by atoms with van der Waals surface area (Å²) in [6.07, 6.45) is -2.99. The van der Waals surface area contributed by atoms with Crippen LogP contribution in [0.3, 0.4) is 0 Å². The lowest BCUT2D eigenvalue weighted by atomic mass is 9.83. The second kappa shape index (κ2) is 10.2. The van der Waals surface area contributed by atoms with Crippen molar-refractivity contribution in [3.05, 3.63) is 157 Å². The van der Waals surface area contributed by atoms with E-state index in [1.807, 2.05) is 54.6 Å². The fourth-order valence-corrected chi connectivity index (χ4v) is 6.66. The zero-order valence-corrected chi connectivity index (χ0v) is 23.7. The summed E-state index contributed by atoms with van der Waals surface area (Å²) in [5, 5.41) is 3.21. The Labute approximate surface area is 280 Å². The molecule has 2 heteroatoms. The van der Waals surface area contributed by atoms with Gasteiger partial charge in [0.25, 0.3) is 0 Å². The molecular formula is C43H30N2. The average Bonchev–Trinajstić information content (AvgIpc) is 3.62. The Kier molecular flexibility index (Phi) is 3.58. The van der Waals surface area contributed by atoms with Crippen molar-refractivity contribution in [3.63, 3.8) is 0 Å². The quantitative estimate of drug-likeness (QED) is 0.148. The molecule has 0 atom stereocenters. The SMILES string of the molecule is [2H]c1c([2H])c([2H])c2c(-c3cc4ccccc4c4ccccc34)c3c([2H])c([2H])c([2H])c([2H])c3c(-c3ccccc3-n3c(C([2H])([2H])C([2H])([2H])[2H])nc4ccccc43)c2c1[2H]. The lowest BCUT2D eigenvalue weighted by Gasteiger charge is -2.21. The summed E-state index contributed by atoms with van der Waals surface area (Å²) in [5.41, 5.74) is 1.71. The standard InChI is InChI=1S/C43H30N2/c1-2-41-44-38-24-12-14-26-40(38)45(41)39-25-13-11-23-36(39)42-32-19-7-9-21-34(32)43(35-22-10-8-20-33(35)42)37-27-28-15-3-4-16-29(28)30-17-5-6-18-31(30)37/h3-27H,2H2,1H3/i1D3,2D2,7D,8D,9D,10D,19D,20D,21D,22D. The van der Waals surface area contributed by atoms with Crippen molar-refractivity contribution in [2.45, 2.75) is 13.2 Å². The van der Waals surface area contributed by atoms with E-state index in [4.69, 9.17) is 12.3 Å². The molecule has 0 spiro atoms. The highest BCUT2D eigenvalue weighted by atomic mass is 15.1. The number of aromatic nitrogens is 2. The van der Waals surface area contributed by atoms with Gasteiger partial charge in [-0.05, 0) is 84.0 Å². The van der Waals surface area contributed by atoms with Gasteiger partial charge in [0.15, 0.2) is 0 Å². The molecule has 1 heterocycles. The fourth-order valence-electron chi connectivity index (χ4n) is 6.66. The molecule has 0 aliphatic rings. The van der Waals surface area contributed by atoms with Gasteiger partial charge in [-0.25, -0.2) is 4.98 Å². The highest BCUT2D eigenvalue weighted by Gasteiger charge is 2.22. The molecule has 0 aliphatic heterocycles. The molecule has 0 N–H and O–H groups in total. The number of hydrogen-bond donors (Lipinski definition) is 0. The second-order valence-corrected chi connectivity index (χ2v) is 10.8. The minimum atomic E-state index is -3.16. The third-order valence-electron chi connectivity index (χ3n) is 8.50. The lowest BCUT2D eigenvalue weighted by Crippen LogP contribution is -2.03. The molecule has 0 radical (unpaired) electrons. The first-order valence-corrected chi connectivity index (χ1v) is 14.5. The molecule has 8 aromatic carbocycles. The Morgan fingerprint density at radius 1 is 0.600 bits per heavy atom. The molecule has 9 rings (SSSR count). The molecule has 0 fully saturated rings. The van der Waals surface area contributed by atoms with Gasteiger partial charge >= 0.3 is 0 Å². The molecule has 0 aliphatic carbocycles. The first-order valence-electron chi connectivity index (χ1n) is 21.0. The Bertz CT molecular complexity index is 3160. The van der Waals surface area contributed by atoms with E-state index in [0.717, 1.165) is 16.2 Å². The van der Waals surface area contributed by atoms with Gasteiger partial charge in [0.1, 0.15) is 5.82 Å². The van der Waals surface area contributed by atoms with Crippen LogP contribution in [0.1, 0.15) is 30.5 Å². The minimum absolute atomic E-state index is 0.0160. The second-order valence-electron chi connectivity index (χ2n) is 10.8. The third-order valence-corrected chi connectivity index (χ3v) is 8.50. The van der Waals surface area contributed by atoms with Gasteiger partial charge in [-0.2, -0.15) is 0 Å². The van der Waals surface area contributed by atoms with Crippen LogP contribution >= 0.6 is 0 Å². The summed E-state index contributed by atoms with van der Waals surface area (Å²) in [7, 11) is 0. The van der Waals surface area contributed by atoms with Crippen LogP contribution in [0.2, 0.25) is 0 Å². The fraction of sp³-hybridized carbons (Fsp3) is 0.0465. The number of imidazole rings is 1. The summed E-state index contributed by atoms with van der Waals surface area (Å²) in [6, 6.07) is 26.2. The van der Waals surface area contributed by atoms with Crippen LogP contribution in [-0.4, -0.2) is 9.55 Å². The lowest BCUT2D eigenvalue weighted by molar-refractivity contribution is 0.909. The van der Waals surface area contributed by atoms with Crippen LogP contribution in [0, 0.1) is 0 Å². The highest BCUT2D eigenvalue weighted by Crippen LogP contribution is 2.47. The number of rotatable bonds is 4. The van der Waals surface area contributed by atoms with Crippen LogP contribution in [0.4, 0.5) is 0 Å². The number of hydrogen-bond acceptors (Lipinski definition) is 1. The van der Waals surface area contributed by atoms with E-state index in [1.165, 1.54) is 4.57 Å². The Morgan fingerprint density at radius 2 is 1.18 bits per heavy atom. The monoisotopic (exact) mass is 587 g/mol. The maximum absolute atomic E-state index is 9.53. The minimum Gasteiger partial charge on any atom is -0.296 e. The van der Waals surface area contributed by atoms with Gasteiger partial charge in [0, 0.05) is 18.8 Å². The predicted octanol–water partition coefficient (Wildman–Crippen LogP) is 11.5. The number of nitrogens with zero attached hydrogens (tertiary/aromatic N) is 2. The van der Waals surface area contributed by atoms with Crippen LogP contribution < -0.4 is 0 Å². The molecule has 0 bridgehead atoms. The summed E-state index contributed by atoms with van der Waals surface area (Å²) in [5.74, 6) is -0.446. The largest absolute Gasteiger partial charge is 0.296 e. The Morgan fingerprint density at radius 3 is 1.91 bits per heavy atom. The van der Waals surface area contributed by atoms with Gasteiger partial charge in [0.2, 0.25) is 0 Å². The molecule has 45 heavy (non-hydrogen) atoms. The van der Waals surface area contributed by atoms with E-state index >= 15 is 0 Å². The number of para-hydroxylation sites is 3. The van der Waals surface area contributed by atoms with Crippen molar-refractivity contribution in [1.29, 1.82) is 0 Å². The smallest absolute Gasteiger partial charge is 0.114 e. The van der Waals surface area contributed by atoms with Gasteiger partial charge in [-0.1, -0.05) is 134 Å². The highest BCUT2D eigenvalue weighted by molar-refractivity contribution is 6.26. The number of fused-ring (bicyclic) bond motifs is 6. The van der Waals surface area contributed by atoms with Crippen molar-refractivity contribution in [2.24, 2.45) is 0 Å². The van der Waals surface area contributed by atoms with E-state index in [0.29, 0.717) is 16.5 Å². The van der Waals surface area contributed by atoms with E-state index in [-0.39, 0.29) is 49.4 Å². The van der Waals surface area contributed by atoms with E-state index in [1.54, 1.807) is 48.5 Å². The van der Waals surface area contributed by atoms with Gasteiger partial charge in [-0.3, -0.25) is 4.57 Å². The van der Waals surface area contributed by atoms with Gasteiger partial charge in [-0.15, -0.1) is 0 Å². The molecule has 0 amide bonds. The van der Waals surface area contributed by atoms with Crippen LogP contribution in [0.5, 0.6) is 0 Å². The molecule has 0 unspecified atom stereocenters. The first kappa shape index (κ1) is 15.8. The zero-order valence-electron chi connectivity index (χ0n) is 36.7. The topological polar surface area (TPSA) is 17.8 Å². The summed E-state index contributed by atoms with van der Waals surface area (Å²) in [4.78, 5) is 4.49.